The first-order chi connectivity index (χ1) is 14.4. The van der Waals surface area contributed by atoms with Crippen molar-refractivity contribution >= 4 is 33.3 Å². The number of benzene rings is 1. The van der Waals surface area contributed by atoms with Crippen molar-refractivity contribution in [3.05, 3.63) is 81.8 Å². The molecule has 2 aromatic heterocycles. The van der Waals surface area contributed by atoms with Gasteiger partial charge < -0.3 is 14.8 Å². The van der Waals surface area contributed by atoms with Gasteiger partial charge in [-0.2, -0.15) is 0 Å². The van der Waals surface area contributed by atoms with Crippen molar-refractivity contribution in [2.24, 2.45) is 5.92 Å². The number of thiocarbonyl (C=S) groups is 1. The first-order valence-corrected chi connectivity index (χ1v) is 11.5. The van der Waals surface area contributed by atoms with Gasteiger partial charge in [-0.05, 0) is 83.8 Å². The van der Waals surface area contributed by atoms with Crippen LogP contribution in [0, 0.1) is 19.8 Å². The van der Waals surface area contributed by atoms with E-state index in [9.17, 15) is 0 Å². The summed E-state index contributed by atoms with van der Waals surface area (Å²) in [5.41, 5.74) is 5.88. The smallest absolute Gasteiger partial charge is 0.170 e. The second-order valence-corrected chi connectivity index (χ2v) is 9.53. The summed E-state index contributed by atoms with van der Waals surface area (Å²) in [5, 5.41) is 4.36. The van der Waals surface area contributed by atoms with Crippen molar-refractivity contribution in [3.63, 3.8) is 0 Å². The summed E-state index contributed by atoms with van der Waals surface area (Å²) in [7, 11) is 0. The molecule has 1 aliphatic rings. The van der Waals surface area contributed by atoms with Crippen LogP contribution in [0.2, 0.25) is 0 Å². The molecule has 0 aliphatic carbocycles. The fourth-order valence-corrected chi connectivity index (χ4v) is 5.20. The highest BCUT2D eigenvalue weighted by Crippen LogP contribution is 2.42. The fourth-order valence-electron chi connectivity index (χ4n) is 4.42. The van der Waals surface area contributed by atoms with E-state index in [0.717, 1.165) is 27.5 Å². The molecule has 30 heavy (non-hydrogen) atoms. The van der Waals surface area contributed by atoms with E-state index in [1.54, 1.807) is 0 Å². The Kier molecular flexibility index (Phi) is 5.98. The second-order valence-electron chi connectivity index (χ2n) is 8.29. The lowest BCUT2D eigenvalue weighted by molar-refractivity contribution is 0.287. The molecule has 4 nitrogen and oxygen atoms in total. The molecule has 0 unspecified atom stereocenters. The number of halogens is 1. The van der Waals surface area contributed by atoms with Crippen LogP contribution >= 0.6 is 28.1 Å². The number of aromatic nitrogens is 2. The van der Waals surface area contributed by atoms with Crippen molar-refractivity contribution in [1.29, 1.82) is 0 Å². The molecular formula is C24H27BrN4S. The molecule has 1 aliphatic heterocycles. The Labute approximate surface area is 192 Å². The topological polar surface area (TPSA) is 33.1 Å². The predicted octanol–water partition coefficient (Wildman–Crippen LogP) is 5.88. The summed E-state index contributed by atoms with van der Waals surface area (Å²) >= 11 is 9.51. The monoisotopic (exact) mass is 482 g/mol. The van der Waals surface area contributed by atoms with Crippen LogP contribution < -0.4 is 5.32 Å². The molecular weight excluding hydrogens is 456 g/mol. The first-order valence-electron chi connectivity index (χ1n) is 10.3. The molecule has 156 valence electrons. The molecule has 1 fully saturated rings. The van der Waals surface area contributed by atoms with E-state index in [1.807, 2.05) is 24.4 Å². The van der Waals surface area contributed by atoms with Gasteiger partial charge in [-0.25, -0.2) is 0 Å². The molecule has 0 radical (unpaired) electrons. The number of rotatable bonds is 5. The number of hydrogen-bond donors (Lipinski definition) is 1. The number of hydrogen-bond acceptors (Lipinski definition) is 2. The first kappa shape index (κ1) is 21.1. The zero-order valence-electron chi connectivity index (χ0n) is 17.8. The quantitative estimate of drug-likeness (QED) is 0.460. The lowest BCUT2D eigenvalue weighted by Crippen LogP contribution is -2.33. The molecule has 6 heteroatoms. The van der Waals surface area contributed by atoms with E-state index in [1.165, 1.54) is 17.0 Å². The van der Waals surface area contributed by atoms with E-state index in [2.05, 4.69) is 93.7 Å². The summed E-state index contributed by atoms with van der Waals surface area (Å²) in [6, 6.07) is 16.8. The minimum atomic E-state index is 0.0191. The molecule has 3 heterocycles. The Morgan fingerprint density at radius 2 is 1.87 bits per heavy atom. The largest absolute Gasteiger partial charge is 0.352 e. The molecule has 1 saturated heterocycles. The number of pyridine rings is 1. The Balaban J connectivity index is 1.85. The van der Waals surface area contributed by atoms with Gasteiger partial charge in [-0.1, -0.05) is 32.0 Å². The van der Waals surface area contributed by atoms with Gasteiger partial charge in [-0.3, -0.25) is 4.98 Å². The molecule has 1 N–H and O–H groups in total. The minimum absolute atomic E-state index is 0.0191. The maximum Gasteiger partial charge on any atom is 0.170 e. The van der Waals surface area contributed by atoms with E-state index in [4.69, 9.17) is 12.2 Å². The third kappa shape index (κ3) is 3.79. The van der Waals surface area contributed by atoms with E-state index in [0.29, 0.717) is 5.92 Å². The van der Waals surface area contributed by atoms with Gasteiger partial charge in [0.25, 0.3) is 0 Å². The zero-order valence-corrected chi connectivity index (χ0v) is 20.2. The number of aryl methyl sites for hydroxylation is 1. The van der Waals surface area contributed by atoms with Crippen LogP contribution in [0.5, 0.6) is 0 Å². The van der Waals surface area contributed by atoms with E-state index >= 15 is 0 Å². The average Bonchev–Trinajstić information content (AvgIpc) is 3.18. The van der Waals surface area contributed by atoms with Gasteiger partial charge in [0.2, 0.25) is 0 Å². The molecule has 1 aromatic carbocycles. The van der Waals surface area contributed by atoms with Gasteiger partial charge in [0.05, 0.1) is 23.5 Å². The van der Waals surface area contributed by atoms with Crippen LogP contribution in [0.1, 0.15) is 48.6 Å². The fraction of sp³-hybridized carbons (Fsp3) is 0.333. The number of nitrogens with one attached hydrogen (secondary N) is 1. The van der Waals surface area contributed by atoms with Crippen molar-refractivity contribution in [2.75, 3.05) is 6.54 Å². The number of nitrogens with zero attached hydrogens (tertiary/aromatic N) is 3. The Hall–Kier alpha value is -2.18. The van der Waals surface area contributed by atoms with Gasteiger partial charge in [-0.15, -0.1) is 0 Å². The van der Waals surface area contributed by atoms with Crippen molar-refractivity contribution in [1.82, 2.24) is 19.8 Å². The SMILES string of the molecule is Cc1cc([C@@H]2[C@H](c3ccccn3)NC(=S)N2CC(C)C)c(C)n1-c1ccccc1Br. The predicted molar refractivity (Wildman–Crippen MR) is 130 cm³/mol. The van der Waals surface area contributed by atoms with Crippen LogP contribution in [-0.2, 0) is 0 Å². The highest BCUT2D eigenvalue weighted by atomic mass is 79.9. The lowest BCUT2D eigenvalue weighted by Gasteiger charge is -2.29. The van der Waals surface area contributed by atoms with Crippen LogP contribution in [-0.4, -0.2) is 26.1 Å². The van der Waals surface area contributed by atoms with Gasteiger partial charge >= 0.3 is 0 Å². The Morgan fingerprint density at radius 1 is 1.13 bits per heavy atom. The Bertz CT molecular complexity index is 1060. The van der Waals surface area contributed by atoms with Crippen LogP contribution in [0.3, 0.4) is 0 Å². The summed E-state index contributed by atoms with van der Waals surface area (Å²) in [6.45, 7) is 9.74. The maximum atomic E-state index is 5.78. The van der Waals surface area contributed by atoms with E-state index in [-0.39, 0.29) is 12.1 Å². The molecule has 2 atom stereocenters. The summed E-state index contributed by atoms with van der Waals surface area (Å²) in [6.07, 6.45) is 1.85. The Morgan fingerprint density at radius 3 is 2.53 bits per heavy atom. The summed E-state index contributed by atoms with van der Waals surface area (Å²) in [5.74, 6) is 0.501. The highest BCUT2D eigenvalue weighted by Gasteiger charge is 2.41. The third-order valence-electron chi connectivity index (χ3n) is 5.64. The molecule has 4 rings (SSSR count). The summed E-state index contributed by atoms with van der Waals surface area (Å²) in [4.78, 5) is 6.99. The van der Waals surface area contributed by atoms with Gasteiger partial charge in [0.15, 0.2) is 5.11 Å². The molecule has 0 spiro atoms. The maximum absolute atomic E-state index is 5.78. The molecule has 0 amide bonds. The van der Waals surface area contributed by atoms with Crippen molar-refractivity contribution in [3.8, 4) is 5.69 Å². The normalized spacial score (nSPS) is 18.9. The zero-order chi connectivity index (χ0) is 21.4. The third-order valence-corrected chi connectivity index (χ3v) is 6.66. The van der Waals surface area contributed by atoms with Crippen molar-refractivity contribution < 1.29 is 0 Å². The minimum Gasteiger partial charge on any atom is -0.352 e. The van der Waals surface area contributed by atoms with Gasteiger partial charge in [0.1, 0.15) is 0 Å². The van der Waals surface area contributed by atoms with Crippen LogP contribution in [0.4, 0.5) is 0 Å². The molecule has 0 saturated carbocycles. The van der Waals surface area contributed by atoms with Crippen LogP contribution in [0.15, 0.2) is 59.2 Å². The molecule has 0 bridgehead atoms. The van der Waals surface area contributed by atoms with Crippen molar-refractivity contribution in [2.45, 2.75) is 39.8 Å². The lowest BCUT2D eigenvalue weighted by atomic mass is 9.96. The van der Waals surface area contributed by atoms with Gasteiger partial charge in [0, 0.05) is 28.6 Å². The number of para-hydroxylation sites is 1. The molecule has 3 aromatic rings. The average molecular weight is 483 g/mol. The standard InChI is InChI=1S/C24H27BrN4S/c1-15(2)14-28-23(22(27-24(28)30)20-10-7-8-12-26-20)18-13-16(3)29(17(18)4)21-11-6-5-9-19(21)25/h5-13,15,22-23H,14H2,1-4H3,(H,27,30)/t22-,23+/m0/s1. The van der Waals surface area contributed by atoms with Crippen LogP contribution in [0.25, 0.3) is 5.69 Å². The summed E-state index contributed by atoms with van der Waals surface area (Å²) < 4.78 is 3.41. The van der Waals surface area contributed by atoms with E-state index < -0.39 is 0 Å². The highest BCUT2D eigenvalue weighted by molar-refractivity contribution is 9.10. The second kappa shape index (κ2) is 8.52.